The molecule has 2 unspecified atom stereocenters. The van der Waals surface area contributed by atoms with Crippen LogP contribution in [0.3, 0.4) is 0 Å². The largest absolute Gasteiger partial charge is 0.542 e. The molecule has 1 N–H and O–H groups in total. The van der Waals surface area contributed by atoms with Gasteiger partial charge in [0.05, 0.1) is 13.1 Å². The summed E-state index contributed by atoms with van der Waals surface area (Å²) in [5.41, 5.74) is 2.22. The monoisotopic (exact) mass is 586 g/mol. The van der Waals surface area contributed by atoms with E-state index in [-0.39, 0.29) is 23.7 Å². The van der Waals surface area contributed by atoms with Crippen molar-refractivity contribution in [2.75, 3.05) is 31.5 Å². The number of carboxylic acid groups (broad SMARTS) is 1. The molecule has 6 rings (SSSR count). The van der Waals surface area contributed by atoms with Gasteiger partial charge in [0.1, 0.15) is 24.9 Å². The number of nitrogens with one attached hydrogen (secondary N) is 1. The fourth-order valence-electron chi connectivity index (χ4n) is 5.45. The molecule has 11 heteroatoms. The van der Waals surface area contributed by atoms with E-state index in [1.807, 2.05) is 60.7 Å². The predicted octanol–water partition coefficient (Wildman–Crippen LogP) is 4.31. The third-order valence-electron chi connectivity index (χ3n) is 7.64. The number of carboxylic acids is 1. The molecular weight excluding hydrogens is 556 g/mol. The van der Waals surface area contributed by atoms with Crippen molar-refractivity contribution in [3.05, 3.63) is 102 Å². The lowest BCUT2D eigenvalue weighted by molar-refractivity contribution is -0.938. The van der Waals surface area contributed by atoms with E-state index < -0.39 is 18.2 Å². The summed E-state index contributed by atoms with van der Waals surface area (Å²) in [6, 6.07) is 24.4. The van der Waals surface area contributed by atoms with Crippen LogP contribution in [0.4, 0.5) is 23.2 Å². The van der Waals surface area contributed by atoms with Gasteiger partial charge in [-0.3, -0.25) is 4.79 Å². The summed E-state index contributed by atoms with van der Waals surface area (Å²) < 4.78 is 51.6. The molecule has 2 atom stereocenters. The maximum absolute atomic E-state index is 13.5. The second-order valence-electron chi connectivity index (χ2n) is 10.5. The Hall–Kier alpha value is -4.25. The van der Waals surface area contributed by atoms with Crippen LogP contribution in [-0.4, -0.2) is 60.7 Å². The number of fused-ring (bicyclic) bond motifs is 3. The molecular formula is C31H30F4N2O5. The second-order valence-corrected chi connectivity index (χ2v) is 10.5. The predicted molar refractivity (Wildman–Crippen MR) is 143 cm³/mol. The third kappa shape index (κ3) is 7.94. The summed E-state index contributed by atoms with van der Waals surface area (Å²) in [7, 11) is 0. The number of benzene rings is 3. The SMILES string of the molecule is O=C(C[N+]12CCC(CC1)C(OC(=O)C(Nc1ccccc1)c1ccccc1)C2)c1ccc(F)cc1.O=C([O-])C(F)(F)F. The Morgan fingerprint density at radius 2 is 1.45 bits per heavy atom. The number of para-hydroxylation sites is 1. The molecule has 7 nitrogen and oxygen atoms in total. The van der Waals surface area contributed by atoms with Gasteiger partial charge in [0.15, 0.2) is 12.1 Å². The molecule has 0 amide bonds. The van der Waals surface area contributed by atoms with E-state index in [1.165, 1.54) is 12.1 Å². The quantitative estimate of drug-likeness (QED) is 0.183. The number of rotatable bonds is 8. The molecule has 0 radical (unpaired) electrons. The van der Waals surface area contributed by atoms with Crippen LogP contribution in [0.1, 0.15) is 34.8 Å². The first-order valence-corrected chi connectivity index (χ1v) is 13.4. The fourth-order valence-corrected chi connectivity index (χ4v) is 5.45. The summed E-state index contributed by atoms with van der Waals surface area (Å²) in [5.74, 6) is -3.35. The van der Waals surface area contributed by atoms with Gasteiger partial charge >= 0.3 is 12.1 Å². The molecule has 42 heavy (non-hydrogen) atoms. The zero-order chi connectivity index (χ0) is 30.3. The van der Waals surface area contributed by atoms with Crippen molar-refractivity contribution in [3.8, 4) is 0 Å². The van der Waals surface area contributed by atoms with E-state index in [0.717, 1.165) is 37.2 Å². The summed E-state index contributed by atoms with van der Waals surface area (Å²) in [6.07, 6.45) is -3.57. The van der Waals surface area contributed by atoms with Crippen LogP contribution in [-0.2, 0) is 14.3 Å². The third-order valence-corrected chi connectivity index (χ3v) is 7.64. The highest BCUT2D eigenvalue weighted by atomic mass is 19.4. The maximum atomic E-state index is 13.5. The number of hydrogen-bond donors (Lipinski definition) is 1. The number of aliphatic carboxylic acids is 1. The average Bonchev–Trinajstić information content (AvgIpc) is 2.97. The number of halogens is 4. The minimum atomic E-state index is -5.19. The number of ketones is 1. The van der Waals surface area contributed by atoms with Crippen molar-refractivity contribution in [1.29, 1.82) is 0 Å². The van der Waals surface area contributed by atoms with Gasteiger partial charge in [-0.15, -0.1) is 0 Å². The van der Waals surface area contributed by atoms with Crippen LogP contribution in [0, 0.1) is 11.7 Å². The Morgan fingerprint density at radius 1 is 0.905 bits per heavy atom. The highest BCUT2D eigenvalue weighted by Crippen LogP contribution is 2.36. The number of piperidine rings is 3. The Balaban J connectivity index is 0.000000517. The number of quaternary nitrogens is 1. The minimum Gasteiger partial charge on any atom is -0.542 e. The number of esters is 1. The topological polar surface area (TPSA) is 95.5 Å². The van der Waals surface area contributed by atoms with Crippen molar-refractivity contribution < 1.29 is 46.3 Å². The van der Waals surface area contributed by atoms with Gasteiger partial charge in [-0.05, 0) is 42.0 Å². The van der Waals surface area contributed by atoms with Gasteiger partial charge in [0, 0.05) is 30.0 Å². The highest BCUT2D eigenvalue weighted by Gasteiger charge is 2.49. The Kier molecular flexibility index (Phi) is 9.62. The van der Waals surface area contributed by atoms with E-state index in [2.05, 4.69) is 5.32 Å². The molecule has 0 spiro atoms. The van der Waals surface area contributed by atoms with Crippen LogP contribution in [0.5, 0.6) is 0 Å². The standard InChI is InChI=1S/C29H30FN2O3.C2HF3O2/c30-24-13-11-21(12-14-24)26(33)19-32-17-15-22(16-18-32)27(20-32)35-29(34)28(23-7-3-1-4-8-23)31-25-9-5-2-6-10-25;3-2(4,5)1(6)7/h1-14,22,27-28,31H,15-20H2;(H,6,7)/q+1;/p-1. The molecule has 0 saturated carbocycles. The van der Waals surface area contributed by atoms with Gasteiger partial charge in [-0.1, -0.05) is 48.5 Å². The zero-order valence-electron chi connectivity index (χ0n) is 22.6. The maximum Gasteiger partial charge on any atom is 0.430 e. The fraction of sp³-hybridized carbons (Fsp3) is 0.323. The lowest BCUT2D eigenvalue weighted by atomic mass is 9.82. The minimum absolute atomic E-state index is 0.00309. The highest BCUT2D eigenvalue weighted by molar-refractivity contribution is 5.97. The van der Waals surface area contributed by atoms with Crippen molar-refractivity contribution in [2.24, 2.45) is 5.92 Å². The van der Waals surface area contributed by atoms with Gasteiger partial charge in [-0.25, -0.2) is 9.18 Å². The lowest BCUT2D eigenvalue weighted by Crippen LogP contribution is -2.65. The van der Waals surface area contributed by atoms with E-state index in [4.69, 9.17) is 14.6 Å². The van der Waals surface area contributed by atoms with Crippen LogP contribution >= 0.6 is 0 Å². The number of carbonyl (C=O) groups is 3. The number of alkyl halides is 3. The smallest absolute Gasteiger partial charge is 0.430 e. The summed E-state index contributed by atoms with van der Waals surface area (Å²) >= 11 is 0. The number of nitrogens with zero attached hydrogens (tertiary/aromatic N) is 1. The van der Waals surface area contributed by atoms with Gasteiger partial charge in [-0.2, -0.15) is 13.2 Å². The van der Waals surface area contributed by atoms with Crippen molar-refractivity contribution in [3.63, 3.8) is 0 Å². The summed E-state index contributed by atoms with van der Waals surface area (Å²) in [5, 5.41) is 12.1. The van der Waals surface area contributed by atoms with Crippen LogP contribution in [0.2, 0.25) is 0 Å². The van der Waals surface area contributed by atoms with Crippen LogP contribution in [0.25, 0.3) is 0 Å². The summed E-state index contributed by atoms with van der Waals surface area (Å²) in [4.78, 5) is 35.2. The number of carbonyl (C=O) groups excluding carboxylic acids is 3. The Bertz CT molecular complexity index is 1360. The molecule has 3 saturated heterocycles. The number of Topliss-reactive ketones (excluding diaryl/α,β-unsaturated/α-hetero) is 1. The number of hydrogen-bond acceptors (Lipinski definition) is 6. The molecule has 3 fully saturated rings. The molecule has 2 bridgehead atoms. The molecule has 222 valence electrons. The normalized spacial score (nSPS) is 21.8. The van der Waals surface area contributed by atoms with E-state index in [1.54, 1.807) is 12.1 Å². The van der Waals surface area contributed by atoms with Gasteiger partial charge < -0.3 is 24.4 Å². The zero-order valence-corrected chi connectivity index (χ0v) is 22.6. The number of ether oxygens (including phenoxy) is 1. The lowest BCUT2D eigenvalue weighted by Gasteiger charge is -2.51. The molecule has 3 aromatic carbocycles. The molecule has 3 aliphatic heterocycles. The molecule has 3 aromatic rings. The van der Waals surface area contributed by atoms with E-state index >= 15 is 0 Å². The average molecular weight is 587 g/mol. The van der Waals surface area contributed by atoms with E-state index in [0.29, 0.717) is 29.1 Å². The van der Waals surface area contributed by atoms with E-state index in [9.17, 15) is 27.2 Å². The Labute approximate surface area is 240 Å². The van der Waals surface area contributed by atoms with Crippen molar-refractivity contribution >= 4 is 23.4 Å². The van der Waals surface area contributed by atoms with Gasteiger partial charge in [0.2, 0.25) is 5.78 Å². The van der Waals surface area contributed by atoms with Gasteiger partial charge in [0.25, 0.3) is 0 Å². The first kappa shape index (κ1) is 30.7. The second kappa shape index (κ2) is 13.2. The molecule has 0 aromatic heterocycles. The van der Waals surface area contributed by atoms with Crippen LogP contribution < -0.4 is 10.4 Å². The number of anilines is 1. The molecule has 3 heterocycles. The molecule has 0 aliphatic carbocycles. The first-order valence-electron chi connectivity index (χ1n) is 13.4. The van der Waals surface area contributed by atoms with Crippen molar-refractivity contribution in [2.45, 2.75) is 31.2 Å². The van der Waals surface area contributed by atoms with Crippen LogP contribution in [0.15, 0.2) is 84.9 Å². The summed E-state index contributed by atoms with van der Waals surface area (Å²) in [6.45, 7) is 2.78. The molecule has 3 aliphatic rings. The van der Waals surface area contributed by atoms with Crippen molar-refractivity contribution in [1.82, 2.24) is 0 Å². The Morgan fingerprint density at radius 3 is 2.00 bits per heavy atom. The first-order chi connectivity index (χ1) is 20.0.